The fraction of sp³-hybridized carbons (Fsp3) is 0.235. The Kier molecular flexibility index (Phi) is 5.42. The first-order chi connectivity index (χ1) is 10.2. The van der Waals surface area contributed by atoms with E-state index in [1.807, 2.05) is 17.5 Å². The first-order valence-corrected chi connectivity index (χ1v) is 7.72. The van der Waals surface area contributed by atoms with Gasteiger partial charge in [-0.2, -0.15) is 0 Å². The van der Waals surface area contributed by atoms with Crippen molar-refractivity contribution in [3.8, 4) is 12.3 Å². The van der Waals surface area contributed by atoms with Crippen molar-refractivity contribution in [3.63, 3.8) is 0 Å². The van der Waals surface area contributed by atoms with Gasteiger partial charge in [0.05, 0.1) is 12.6 Å². The minimum Gasteiger partial charge on any atom is -0.327 e. The smallest absolute Gasteiger partial charge is 0.316 e. The molecule has 3 nitrogen and oxygen atoms in total. The zero-order valence-corrected chi connectivity index (χ0v) is 12.7. The molecule has 1 heterocycles. The van der Waals surface area contributed by atoms with E-state index >= 15 is 0 Å². The van der Waals surface area contributed by atoms with Crippen LogP contribution in [0.15, 0.2) is 41.8 Å². The molecule has 0 saturated carbocycles. The number of amides is 2. The lowest BCUT2D eigenvalue weighted by atomic mass is 10.0. The van der Waals surface area contributed by atoms with Crippen LogP contribution in [0.2, 0.25) is 0 Å². The van der Waals surface area contributed by atoms with E-state index in [9.17, 15) is 4.79 Å². The van der Waals surface area contributed by atoms with Crippen LogP contribution in [0.4, 0.5) is 4.79 Å². The third-order valence-electron chi connectivity index (χ3n) is 3.18. The largest absolute Gasteiger partial charge is 0.327 e. The van der Waals surface area contributed by atoms with Crippen LogP contribution in [0.5, 0.6) is 0 Å². The summed E-state index contributed by atoms with van der Waals surface area (Å²) in [6.07, 6.45) is 6.15. The summed E-state index contributed by atoms with van der Waals surface area (Å²) in [5.41, 5.74) is 2.34. The Balaban J connectivity index is 2.20. The van der Waals surface area contributed by atoms with Gasteiger partial charge < -0.3 is 10.6 Å². The van der Waals surface area contributed by atoms with Gasteiger partial charge in [0.15, 0.2) is 0 Å². The van der Waals surface area contributed by atoms with E-state index in [0.29, 0.717) is 0 Å². The van der Waals surface area contributed by atoms with Gasteiger partial charge in [0.25, 0.3) is 0 Å². The number of carbonyl (C=O) groups is 1. The van der Waals surface area contributed by atoms with Gasteiger partial charge in [-0.15, -0.1) is 17.8 Å². The molecule has 4 heteroatoms. The summed E-state index contributed by atoms with van der Waals surface area (Å²) in [5, 5.41) is 7.61. The van der Waals surface area contributed by atoms with E-state index in [4.69, 9.17) is 6.42 Å². The van der Waals surface area contributed by atoms with Crippen molar-refractivity contribution in [3.05, 3.63) is 57.8 Å². The summed E-state index contributed by atoms with van der Waals surface area (Å²) in [6.45, 7) is 2.34. The molecule has 2 N–H and O–H groups in total. The lowest BCUT2D eigenvalue weighted by Gasteiger charge is -2.18. The molecule has 2 aromatic rings. The molecular formula is C17H18N2OS. The molecule has 108 valence electrons. The molecule has 0 aliphatic heterocycles. The van der Waals surface area contributed by atoms with Crippen molar-refractivity contribution in [2.75, 3.05) is 6.54 Å². The Bertz CT molecular complexity index is 611. The number of carbonyl (C=O) groups excluding carboxylic acids is 1. The second-order valence-electron chi connectivity index (χ2n) is 4.57. The molecule has 2 rings (SSSR count). The molecule has 1 atom stereocenters. The molecular weight excluding hydrogens is 280 g/mol. The van der Waals surface area contributed by atoms with Crippen LogP contribution in [0.1, 0.15) is 29.0 Å². The highest BCUT2D eigenvalue weighted by Gasteiger charge is 2.17. The maximum absolute atomic E-state index is 11.9. The number of thiophene rings is 1. The Hall–Kier alpha value is -2.25. The average molecular weight is 298 g/mol. The number of hydrogen-bond acceptors (Lipinski definition) is 2. The second-order valence-corrected chi connectivity index (χ2v) is 5.55. The maximum atomic E-state index is 11.9. The summed E-state index contributed by atoms with van der Waals surface area (Å²) in [4.78, 5) is 13.0. The van der Waals surface area contributed by atoms with E-state index in [1.54, 1.807) is 11.3 Å². The van der Waals surface area contributed by atoms with Crippen LogP contribution < -0.4 is 10.6 Å². The van der Waals surface area contributed by atoms with Crippen molar-refractivity contribution >= 4 is 17.4 Å². The quantitative estimate of drug-likeness (QED) is 0.817. The molecule has 21 heavy (non-hydrogen) atoms. The summed E-state index contributed by atoms with van der Waals surface area (Å²) >= 11 is 1.62. The minimum absolute atomic E-state index is 0.159. The fourth-order valence-corrected chi connectivity index (χ4v) is 2.84. The highest BCUT2D eigenvalue weighted by molar-refractivity contribution is 7.10. The van der Waals surface area contributed by atoms with E-state index in [0.717, 1.165) is 16.9 Å². The molecule has 0 saturated heterocycles. The standard InChI is InChI=1S/C17H18N2OS/c1-3-11-18-17(20)19-16(15-6-5-12-21-15)14-9-7-13(4-2)8-10-14/h1,5-10,12,16H,4,11H2,2H3,(H2,18,19,20)/t16-/m1/s1. The van der Waals surface area contributed by atoms with Crippen molar-refractivity contribution in [2.45, 2.75) is 19.4 Å². The number of urea groups is 1. The van der Waals surface area contributed by atoms with Crippen molar-refractivity contribution < 1.29 is 4.79 Å². The van der Waals surface area contributed by atoms with Crippen LogP contribution >= 0.6 is 11.3 Å². The molecule has 1 aromatic heterocycles. The highest BCUT2D eigenvalue weighted by Crippen LogP contribution is 2.26. The summed E-state index contributed by atoms with van der Waals surface area (Å²) in [6, 6.07) is 11.9. The second kappa shape index (κ2) is 7.51. The van der Waals surface area contributed by atoms with Crippen LogP contribution in [-0.2, 0) is 6.42 Å². The van der Waals surface area contributed by atoms with Gasteiger partial charge in [-0.05, 0) is 29.0 Å². The van der Waals surface area contributed by atoms with Crippen LogP contribution in [0.25, 0.3) is 0 Å². The summed E-state index contributed by atoms with van der Waals surface area (Å²) in [7, 11) is 0. The molecule has 0 aliphatic carbocycles. The van der Waals surface area contributed by atoms with E-state index in [-0.39, 0.29) is 18.6 Å². The average Bonchev–Trinajstić information content (AvgIpc) is 3.05. The Morgan fingerprint density at radius 3 is 2.67 bits per heavy atom. The molecule has 0 spiro atoms. The van der Waals surface area contributed by atoms with Gasteiger partial charge in [0, 0.05) is 4.88 Å². The van der Waals surface area contributed by atoms with Crippen molar-refractivity contribution in [1.29, 1.82) is 0 Å². The summed E-state index contributed by atoms with van der Waals surface area (Å²) in [5.74, 6) is 2.39. The van der Waals surface area contributed by atoms with Crippen LogP contribution in [0, 0.1) is 12.3 Å². The molecule has 0 radical (unpaired) electrons. The highest BCUT2D eigenvalue weighted by atomic mass is 32.1. The SMILES string of the molecule is C#CCNC(=O)N[C@H](c1ccc(CC)cc1)c1cccs1. The van der Waals surface area contributed by atoms with Gasteiger partial charge in [0.1, 0.15) is 0 Å². The van der Waals surface area contributed by atoms with E-state index < -0.39 is 0 Å². The topological polar surface area (TPSA) is 41.1 Å². The third kappa shape index (κ3) is 4.11. The lowest BCUT2D eigenvalue weighted by Crippen LogP contribution is -2.38. The predicted octanol–water partition coefficient (Wildman–Crippen LogP) is 3.33. The number of rotatable bonds is 5. The number of hydrogen-bond donors (Lipinski definition) is 2. The Morgan fingerprint density at radius 2 is 2.10 bits per heavy atom. The molecule has 1 aromatic carbocycles. The number of terminal acetylenes is 1. The number of nitrogens with one attached hydrogen (secondary N) is 2. The maximum Gasteiger partial charge on any atom is 0.316 e. The molecule has 0 aliphatic rings. The molecule has 2 amide bonds. The van der Waals surface area contributed by atoms with Gasteiger partial charge in [-0.3, -0.25) is 0 Å². The third-order valence-corrected chi connectivity index (χ3v) is 4.11. The van der Waals surface area contributed by atoms with Crippen molar-refractivity contribution in [2.24, 2.45) is 0 Å². The molecule has 0 bridgehead atoms. The van der Waals surface area contributed by atoms with Gasteiger partial charge in [-0.25, -0.2) is 4.79 Å². The Labute approximate surface area is 129 Å². The van der Waals surface area contributed by atoms with Gasteiger partial charge in [0.2, 0.25) is 0 Å². The van der Waals surface area contributed by atoms with Gasteiger partial charge in [-0.1, -0.05) is 43.2 Å². The zero-order chi connectivity index (χ0) is 15.1. The number of benzene rings is 1. The minimum atomic E-state index is -0.258. The summed E-state index contributed by atoms with van der Waals surface area (Å²) < 4.78 is 0. The lowest BCUT2D eigenvalue weighted by molar-refractivity contribution is 0.240. The first-order valence-electron chi connectivity index (χ1n) is 6.84. The Morgan fingerprint density at radius 1 is 1.33 bits per heavy atom. The van der Waals surface area contributed by atoms with E-state index in [1.165, 1.54) is 5.56 Å². The zero-order valence-electron chi connectivity index (χ0n) is 11.9. The first kappa shape index (κ1) is 15.1. The van der Waals surface area contributed by atoms with Crippen molar-refractivity contribution in [1.82, 2.24) is 10.6 Å². The van der Waals surface area contributed by atoms with Gasteiger partial charge >= 0.3 is 6.03 Å². The fourth-order valence-electron chi connectivity index (χ4n) is 2.03. The molecule has 0 fully saturated rings. The van der Waals surface area contributed by atoms with Crippen LogP contribution in [-0.4, -0.2) is 12.6 Å². The predicted molar refractivity (Wildman–Crippen MR) is 87.3 cm³/mol. The molecule has 0 unspecified atom stereocenters. The van der Waals surface area contributed by atoms with E-state index in [2.05, 4.69) is 47.7 Å². The van der Waals surface area contributed by atoms with Crippen LogP contribution in [0.3, 0.4) is 0 Å². The monoisotopic (exact) mass is 298 g/mol. The normalized spacial score (nSPS) is 11.4. The number of aryl methyl sites for hydroxylation is 1.